The van der Waals surface area contributed by atoms with Crippen LogP contribution in [-0.2, 0) is 0 Å². The molecule has 0 saturated carbocycles. The van der Waals surface area contributed by atoms with Crippen molar-refractivity contribution in [2.75, 3.05) is 7.11 Å². The standard InChI is InChI=1S/C15H12BrN3O4/c1-23-14-8-11(16)4-7-13(14)15(20)18-17-9-10-2-5-12(6-3-10)19(21)22/h2-9H,1H3,(H,18,20). The predicted molar refractivity (Wildman–Crippen MR) is 88.9 cm³/mol. The number of hydrogen-bond donors (Lipinski definition) is 1. The normalized spacial score (nSPS) is 10.5. The molecule has 23 heavy (non-hydrogen) atoms. The van der Waals surface area contributed by atoms with Gasteiger partial charge in [-0.05, 0) is 35.9 Å². The molecule has 0 fully saturated rings. The molecule has 118 valence electrons. The van der Waals surface area contributed by atoms with Gasteiger partial charge in [-0.15, -0.1) is 0 Å². The molecule has 2 rings (SSSR count). The van der Waals surface area contributed by atoms with Crippen LogP contribution < -0.4 is 10.2 Å². The van der Waals surface area contributed by atoms with Crippen LogP contribution in [0.4, 0.5) is 5.69 Å². The van der Waals surface area contributed by atoms with E-state index in [0.29, 0.717) is 16.9 Å². The van der Waals surface area contributed by atoms with Crippen LogP contribution in [0.25, 0.3) is 0 Å². The number of benzene rings is 2. The number of non-ortho nitro benzene ring substituents is 1. The zero-order valence-electron chi connectivity index (χ0n) is 12.0. The molecule has 2 aromatic rings. The van der Waals surface area contributed by atoms with Crippen LogP contribution in [-0.4, -0.2) is 24.2 Å². The molecule has 0 aliphatic carbocycles. The highest BCUT2D eigenvalue weighted by atomic mass is 79.9. The largest absolute Gasteiger partial charge is 0.496 e. The van der Waals surface area contributed by atoms with Crippen molar-refractivity contribution < 1.29 is 14.5 Å². The van der Waals surface area contributed by atoms with E-state index in [1.54, 1.807) is 18.2 Å². The minimum atomic E-state index is -0.484. The Morgan fingerprint density at radius 3 is 2.61 bits per heavy atom. The molecule has 0 aliphatic rings. The van der Waals surface area contributed by atoms with E-state index in [-0.39, 0.29) is 5.69 Å². The third-order valence-electron chi connectivity index (χ3n) is 2.89. The molecule has 8 heteroatoms. The van der Waals surface area contributed by atoms with Gasteiger partial charge in [-0.1, -0.05) is 15.9 Å². The summed E-state index contributed by atoms with van der Waals surface area (Å²) in [7, 11) is 1.47. The Kier molecular flexibility index (Phi) is 5.42. The first kappa shape index (κ1) is 16.6. The lowest BCUT2D eigenvalue weighted by Crippen LogP contribution is -2.18. The average molecular weight is 378 g/mol. The second-order valence-electron chi connectivity index (χ2n) is 4.39. The number of ether oxygens (including phenoxy) is 1. The summed E-state index contributed by atoms with van der Waals surface area (Å²) in [6.45, 7) is 0. The number of carbonyl (C=O) groups excluding carboxylic acids is 1. The van der Waals surface area contributed by atoms with Gasteiger partial charge in [0.05, 0.1) is 23.8 Å². The molecular weight excluding hydrogens is 366 g/mol. The fraction of sp³-hybridized carbons (Fsp3) is 0.0667. The Morgan fingerprint density at radius 1 is 1.30 bits per heavy atom. The molecule has 2 aromatic carbocycles. The summed E-state index contributed by atoms with van der Waals surface area (Å²) in [6.07, 6.45) is 1.40. The van der Waals surface area contributed by atoms with E-state index in [0.717, 1.165) is 4.47 Å². The fourth-order valence-corrected chi connectivity index (χ4v) is 2.10. The van der Waals surface area contributed by atoms with Crippen LogP contribution in [0.5, 0.6) is 5.75 Å². The number of amides is 1. The Hall–Kier alpha value is -2.74. The number of nitro benzene ring substituents is 1. The van der Waals surface area contributed by atoms with Crippen molar-refractivity contribution in [3.05, 3.63) is 68.2 Å². The van der Waals surface area contributed by atoms with Crippen LogP contribution in [0.15, 0.2) is 52.0 Å². The summed E-state index contributed by atoms with van der Waals surface area (Å²) in [6, 6.07) is 10.8. The zero-order chi connectivity index (χ0) is 16.8. The minimum absolute atomic E-state index is 0.00853. The summed E-state index contributed by atoms with van der Waals surface area (Å²) in [5.74, 6) is -0.00470. The first-order chi connectivity index (χ1) is 11.0. The summed E-state index contributed by atoms with van der Waals surface area (Å²) in [5.41, 5.74) is 3.34. The Labute approximate surface area is 140 Å². The molecule has 0 aliphatic heterocycles. The van der Waals surface area contributed by atoms with Crippen molar-refractivity contribution in [1.29, 1.82) is 0 Å². The molecule has 0 radical (unpaired) electrons. The maximum absolute atomic E-state index is 12.1. The second kappa shape index (κ2) is 7.50. The maximum Gasteiger partial charge on any atom is 0.275 e. The van der Waals surface area contributed by atoms with E-state index in [4.69, 9.17) is 4.74 Å². The van der Waals surface area contributed by atoms with Crippen LogP contribution in [0.2, 0.25) is 0 Å². The highest BCUT2D eigenvalue weighted by molar-refractivity contribution is 9.10. The monoisotopic (exact) mass is 377 g/mol. The van der Waals surface area contributed by atoms with E-state index in [1.807, 2.05) is 0 Å². The topological polar surface area (TPSA) is 93.8 Å². The molecule has 0 bridgehead atoms. The van der Waals surface area contributed by atoms with Crippen LogP contribution >= 0.6 is 15.9 Å². The lowest BCUT2D eigenvalue weighted by Gasteiger charge is -2.07. The van der Waals surface area contributed by atoms with E-state index < -0.39 is 10.8 Å². The molecule has 0 aromatic heterocycles. The number of carbonyl (C=O) groups is 1. The molecule has 0 unspecified atom stereocenters. The summed E-state index contributed by atoms with van der Waals surface area (Å²) < 4.78 is 5.93. The molecule has 7 nitrogen and oxygen atoms in total. The van der Waals surface area contributed by atoms with Gasteiger partial charge in [0.15, 0.2) is 0 Å². The lowest BCUT2D eigenvalue weighted by atomic mass is 10.2. The number of hydrazone groups is 1. The van der Waals surface area contributed by atoms with Crippen molar-refractivity contribution in [1.82, 2.24) is 5.43 Å². The van der Waals surface area contributed by atoms with Crippen LogP contribution in [0.3, 0.4) is 0 Å². The molecule has 1 amide bonds. The number of rotatable bonds is 5. The SMILES string of the molecule is COc1cc(Br)ccc1C(=O)NN=Cc1ccc([N+](=O)[O-])cc1. The minimum Gasteiger partial charge on any atom is -0.496 e. The lowest BCUT2D eigenvalue weighted by molar-refractivity contribution is -0.384. The van der Waals surface area contributed by atoms with Crippen molar-refractivity contribution >= 4 is 33.7 Å². The van der Waals surface area contributed by atoms with Gasteiger partial charge in [0.25, 0.3) is 11.6 Å². The van der Waals surface area contributed by atoms with Crippen LogP contribution in [0.1, 0.15) is 15.9 Å². The van der Waals surface area contributed by atoms with Gasteiger partial charge in [-0.3, -0.25) is 14.9 Å². The highest BCUT2D eigenvalue weighted by Crippen LogP contribution is 2.23. The fourth-order valence-electron chi connectivity index (χ4n) is 1.76. The summed E-state index contributed by atoms with van der Waals surface area (Å²) >= 11 is 3.30. The molecular formula is C15H12BrN3O4. The highest BCUT2D eigenvalue weighted by Gasteiger charge is 2.11. The molecule has 0 atom stereocenters. The van der Waals surface area contributed by atoms with Crippen molar-refractivity contribution in [3.8, 4) is 5.75 Å². The van der Waals surface area contributed by atoms with E-state index in [2.05, 4.69) is 26.5 Å². The predicted octanol–water partition coefficient (Wildman–Crippen LogP) is 3.13. The second-order valence-corrected chi connectivity index (χ2v) is 5.31. The van der Waals surface area contributed by atoms with Gasteiger partial charge in [0, 0.05) is 16.6 Å². The smallest absolute Gasteiger partial charge is 0.275 e. The third-order valence-corrected chi connectivity index (χ3v) is 3.39. The van der Waals surface area contributed by atoms with Gasteiger partial charge in [-0.2, -0.15) is 5.10 Å². The number of halogens is 1. The number of nitrogens with one attached hydrogen (secondary N) is 1. The van der Waals surface area contributed by atoms with Crippen LogP contribution in [0, 0.1) is 10.1 Å². The molecule has 0 heterocycles. The average Bonchev–Trinajstić information content (AvgIpc) is 2.55. The zero-order valence-corrected chi connectivity index (χ0v) is 13.6. The van der Waals surface area contributed by atoms with E-state index in [1.165, 1.54) is 37.6 Å². The number of hydrogen-bond acceptors (Lipinski definition) is 5. The van der Waals surface area contributed by atoms with Gasteiger partial charge >= 0.3 is 0 Å². The van der Waals surface area contributed by atoms with E-state index >= 15 is 0 Å². The molecule has 1 N–H and O–H groups in total. The van der Waals surface area contributed by atoms with Gasteiger partial charge < -0.3 is 4.74 Å². The maximum atomic E-state index is 12.1. The number of nitro groups is 1. The first-order valence-electron chi connectivity index (χ1n) is 6.42. The van der Waals surface area contributed by atoms with Crippen molar-refractivity contribution in [2.45, 2.75) is 0 Å². The number of methoxy groups -OCH3 is 1. The quantitative estimate of drug-likeness (QED) is 0.491. The third kappa shape index (κ3) is 4.36. The summed E-state index contributed by atoms with van der Waals surface area (Å²) in [4.78, 5) is 22.1. The van der Waals surface area contributed by atoms with Gasteiger partial charge in [0.2, 0.25) is 0 Å². The first-order valence-corrected chi connectivity index (χ1v) is 7.22. The Balaban J connectivity index is 2.05. The molecule has 0 spiro atoms. The Morgan fingerprint density at radius 2 is 2.00 bits per heavy atom. The van der Waals surface area contributed by atoms with Gasteiger partial charge in [0.1, 0.15) is 5.75 Å². The van der Waals surface area contributed by atoms with Crippen molar-refractivity contribution in [3.63, 3.8) is 0 Å². The Bertz CT molecular complexity index is 760. The molecule has 0 saturated heterocycles. The van der Waals surface area contributed by atoms with E-state index in [9.17, 15) is 14.9 Å². The van der Waals surface area contributed by atoms with Crippen molar-refractivity contribution in [2.24, 2.45) is 5.10 Å². The van der Waals surface area contributed by atoms with Gasteiger partial charge in [-0.25, -0.2) is 5.43 Å². The summed E-state index contributed by atoms with van der Waals surface area (Å²) in [5, 5.41) is 14.4. The number of nitrogens with zero attached hydrogens (tertiary/aromatic N) is 2.